The number of hydrogen-bond donors (Lipinski definition) is 1. The van der Waals surface area contributed by atoms with Gasteiger partial charge in [0.1, 0.15) is 6.10 Å². The Balaban J connectivity index is 1.48. The maximum absolute atomic E-state index is 13.6. The van der Waals surface area contributed by atoms with E-state index in [0.29, 0.717) is 16.6 Å². The van der Waals surface area contributed by atoms with Crippen LogP contribution in [0.25, 0.3) is 35.2 Å². The summed E-state index contributed by atoms with van der Waals surface area (Å²) in [6.07, 6.45) is 8.67. The number of carboxylic acid groups (broad SMARTS) is 1. The second kappa shape index (κ2) is 9.56. The molecule has 0 bridgehead atoms. The van der Waals surface area contributed by atoms with E-state index in [1.165, 1.54) is 0 Å². The van der Waals surface area contributed by atoms with E-state index in [1.54, 1.807) is 24.4 Å². The van der Waals surface area contributed by atoms with Crippen molar-refractivity contribution in [1.29, 1.82) is 0 Å². The number of pyridine rings is 2. The number of carbonyl (C=O) groups is 1. The summed E-state index contributed by atoms with van der Waals surface area (Å²) in [6, 6.07) is 15.3. The van der Waals surface area contributed by atoms with Crippen LogP contribution in [0.5, 0.6) is 0 Å². The lowest BCUT2D eigenvalue weighted by atomic mass is 9.97. The van der Waals surface area contributed by atoms with Gasteiger partial charge in [0.05, 0.1) is 29.9 Å². The van der Waals surface area contributed by atoms with Gasteiger partial charge in [0.25, 0.3) is 0 Å². The minimum Gasteiger partial charge on any atom is -0.481 e. The van der Waals surface area contributed by atoms with Gasteiger partial charge in [-0.25, -0.2) is 13.8 Å². The summed E-state index contributed by atoms with van der Waals surface area (Å²) < 4.78 is 33.1. The summed E-state index contributed by atoms with van der Waals surface area (Å²) in [4.78, 5) is 19.9. The molecule has 1 unspecified atom stereocenters. The number of aromatic nitrogens is 2. The van der Waals surface area contributed by atoms with Crippen molar-refractivity contribution in [3.05, 3.63) is 106 Å². The number of benzene rings is 2. The Morgan fingerprint density at radius 3 is 2.69 bits per heavy atom. The zero-order valence-corrected chi connectivity index (χ0v) is 18.5. The molecule has 0 saturated heterocycles. The van der Waals surface area contributed by atoms with Crippen molar-refractivity contribution in [2.24, 2.45) is 0 Å². The fourth-order valence-corrected chi connectivity index (χ4v) is 4.03. The molecule has 0 amide bonds. The first kappa shape index (κ1) is 22.6. The van der Waals surface area contributed by atoms with Crippen LogP contribution in [-0.4, -0.2) is 27.7 Å². The quantitative estimate of drug-likeness (QED) is 0.366. The molecule has 1 aliphatic carbocycles. The van der Waals surface area contributed by atoms with Crippen molar-refractivity contribution < 1.29 is 23.4 Å². The van der Waals surface area contributed by atoms with Gasteiger partial charge in [-0.1, -0.05) is 42.5 Å². The van der Waals surface area contributed by atoms with Crippen LogP contribution in [0, 0.1) is 11.6 Å². The molecule has 1 N–H and O–H groups in total. The molecule has 174 valence electrons. The lowest BCUT2D eigenvalue weighted by molar-refractivity contribution is -0.138. The largest absolute Gasteiger partial charge is 0.481 e. The Morgan fingerprint density at radius 1 is 1.00 bits per heavy atom. The van der Waals surface area contributed by atoms with Crippen LogP contribution in [0.3, 0.4) is 0 Å². The molecular weight excluding hydrogens is 450 g/mol. The third-order valence-electron chi connectivity index (χ3n) is 5.76. The third kappa shape index (κ3) is 4.85. The maximum atomic E-state index is 13.6. The summed E-state index contributed by atoms with van der Waals surface area (Å²) in [7, 11) is 0. The Bertz CT molecular complexity index is 1500. The summed E-state index contributed by atoms with van der Waals surface area (Å²) >= 11 is 0. The molecule has 5 rings (SSSR count). The van der Waals surface area contributed by atoms with Gasteiger partial charge in [-0.05, 0) is 52.6 Å². The second-order valence-electron chi connectivity index (χ2n) is 8.12. The second-order valence-corrected chi connectivity index (χ2v) is 8.12. The van der Waals surface area contributed by atoms with E-state index in [1.807, 2.05) is 48.6 Å². The standard InChI is InChI=1S/C28H20F2N2O3/c29-23-15-20-8-10-21(32-25(20)16-24(23)30)9-4-17-3-5-18-6-7-19-2-1-12-31-27(19)28(22(18)14-17)35-13-11-26(33)34/h1-10,12,14-16,28H,11,13H2,(H,33,34)/b9-4+. The topological polar surface area (TPSA) is 72.3 Å². The van der Waals surface area contributed by atoms with Crippen LogP contribution in [0.2, 0.25) is 0 Å². The lowest BCUT2D eigenvalue weighted by Gasteiger charge is -2.20. The Morgan fingerprint density at radius 2 is 1.83 bits per heavy atom. The van der Waals surface area contributed by atoms with Gasteiger partial charge in [0.15, 0.2) is 11.6 Å². The number of hydrogen-bond acceptors (Lipinski definition) is 4. The molecule has 4 aromatic rings. The van der Waals surface area contributed by atoms with Gasteiger partial charge >= 0.3 is 5.97 Å². The molecule has 0 fully saturated rings. The Kier molecular flexibility index (Phi) is 6.16. The molecule has 0 aliphatic heterocycles. The number of fused-ring (bicyclic) bond motifs is 3. The molecule has 0 saturated carbocycles. The van der Waals surface area contributed by atoms with E-state index in [-0.39, 0.29) is 13.0 Å². The van der Waals surface area contributed by atoms with E-state index in [0.717, 1.165) is 40.1 Å². The average Bonchev–Trinajstić information content (AvgIpc) is 3.00. The van der Waals surface area contributed by atoms with Crippen molar-refractivity contribution in [3.8, 4) is 0 Å². The van der Waals surface area contributed by atoms with Crippen LogP contribution in [0.1, 0.15) is 46.2 Å². The highest BCUT2D eigenvalue weighted by Gasteiger charge is 2.24. The normalized spacial score (nSPS) is 14.6. The number of ether oxygens (including phenoxy) is 1. The van der Waals surface area contributed by atoms with Gasteiger partial charge in [-0.3, -0.25) is 9.78 Å². The van der Waals surface area contributed by atoms with Crippen molar-refractivity contribution in [3.63, 3.8) is 0 Å². The number of rotatable bonds is 6. The summed E-state index contributed by atoms with van der Waals surface area (Å²) in [5.74, 6) is -2.77. The van der Waals surface area contributed by atoms with Crippen LogP contribution < -0.4 is 0 Å². The fourth-order valence-electron chi connectivity index (χ4n) is 4.03. The first-order valence-electron chi connectivity index (χ1n) is 11.0. The van der Waals surface area contributed by atoms with Gasteiger partial charge in [-0.2, -0.15) is 0 Å². The Labute approximate surface area is 200 Å². The number of halogens is 2. The summed E-state index contributed by atoms with van der Waals surface area (Å²) in [5, 5.41) is 9.56. The van der Waals surface area contributed by atoms with Crippen LogP contribution >= 0.6 is 0 Å². The highest BCUT2D eigenvalue weighted by Crippen LogP contribution is 2.35. The lowest BCUT2D eigenvalue weighted by Crippen LogP contribution is -2.13. The monoisotopic (exact) mass is 470 g/mol. The number of carboxylic acids is 1. The molecule has 0 spiro atoms. The van der Waals surface area contributed by atoms with Crippen molar-refractivity contribution in [1.82, 2.24) is 9.97 Å². The predicted octanol–water partition coefficient (Wildman–Crippen LogP) is 6.14. The van der Waals surface area contributed by atoms with Crippen LogP contribution in [0.15, 0.2) is 60.8 Å². The molecule has 2 aromatic carbocycles. The van der Waals surface area contributed by atoms with Gasteiger partial charge in [-0.15, -0.1) is 0 Å². The SMILES string of the molecule is O=C(O)CCOC1c2cc(/C=C/c3ccc4cc(F)c(F)cc4n3)ccc2C=Cc2cccnc21. The van der Waals surface area contributed by atoms with Gasteiger partial charge in [0.2, 0.25) is 0 Å². The van der Waals surface area contributed by atoms with Crippen molar-refractivity contribution in [2.45, 2.75) is 12.5 Å². The smallest absolute Gasteiger partial charge is 0.305 e. The first-order valence-corrected chi connectivity index (χ1v) is 11.0. The van der Waals surface area contributed by atoms with Crippen LogP contribution in [0.4, 0.5) is 8.78 Å². The molecule has 5 nitrogen and oxygen atoms in total. The van der Waals surface area contributed by atoms with Crippen molar-refractivity contribution >= 4 is 41.2 Å². The Hall–Kier alpha value is -4.23. The van der Waals surface area contributed by atoms with Gasteiger partial charge in [0, 0.05) is 17.6 Å². The predicted molar refractivity (Wildman–Crippen MR) is 130 cm³/mol. The van der Waals surface area contributed by atoms with Gasteiger partial charge < -0.3 is 9.84 Å². The van der Waals surface area contributed by atoms with Crippen LogP contribution in [-0.2, 0) is 9.53 Å². The molecule has 2 aromatic heterocycles. The number of nitrogens with zero attached hydrogens (tertiary/aromatic N) is 2. The van der Waals surface area contributed by atoms with E-state index in [2.05, 4.69) is 9.97 Å². The summed E-state index contributed by atoms with van der Waals surface area (Å²) in [5.41, 5.74) is 5.28. The van der Waals surface area contributed by atoms with E-state index >= 15 is 0 Å². The van der Waals surface area contributed by atoms with E-state index in [4.69, 9.17) is 9.84 Å². The minimum absolute atomic E-state index is 0.0493. The first-order chi connectivity index (χ1) is 17.0. The molecule has 1 atom stereocenters. The highest BCUT2D eigenvalue weighted by atomic mass is 19.2. The molecule has 35 heavy (non-hydrogen) atoms. The molecule has 7 heteroatoms. The maximum Gasteiger partial charge on any atom is 0.305 e. The van der Waals surface area contributed by atoms with E-state index in [9.17, 15) is 13.6 Å². The zero-order chi connectivity index (χ0) is 24.4. The number of aliphatic carboxylic acids is 1. The van der Waals surface area contributed by atoms with E-state index < -0.39 is 23.7 Å². The third-order valence-corrected chi connectivity index (χ3v) is 5.76. The minimum atomic E-state index is -0.937. The molecule has 2 heterocycles. The average molecular weight is 470 g/mol. The fraction of sp³-hybridized carbons (Fsp3) is 0.107. The van der Waals surface area contributed by atoms with Crippen molar-refractivity contribution in [2.75, 3.05) is 6.61 Å². The highest BCUT2D eigenvalue weighted by molar-refractivity contribution is 5.82. The molecular formula is C28H20F2N2O3. The molecule has 0 radical (unpaired) electrons. The zero-order valence-electron chi connectivity index (χ0n) is 18.5. The molecule has 1 aliphatic rings. The summed E-state index contributed by atoms with van der Waals surface area (Å²) in [6.45, 7) is 0.0493.